The highest BCUT2D eigenvalue weighted by Gasteiger charge is 2.34. The molecule has 3 aromatic rings. The molecule has 0 aliphatic rings. The van der Waals surface area contributed by atoms with E-state index in [1.807, 2.05) is 18.2 Å². The minimum atomic E-state index is -4.56. The van der Waals surface area contributed by atoms with E-state index in [0.29, 0.717) is 5.75 Å². The maximum atomic E-state index is 12.9. The van der Waals surface area contributed by atoms with E-state index < -0.39 is 11.9 Å². The minimum Gasteiger partial charge on any atom is -0.496 e. The van der Waals surface area contributed by atoms with E-state index in [0.717, 1.165) is 18.0 Å². The van der Waals surface area contributed by atoms with Crippen LogP contribution in [-0.4, -0.2) is 26.7 Å². The third-order valence-electron chi connectivity index (χ3n) is 3.19. The van der Waals surface area contributed by atoms with Gasteiger partial charge in [0.05, 0.1) is 7.11 Å². The normalized spacial score (nSPS) is 11.7. The molecule has 0 atom stereocenters. The van der Waals surface area contributed by atoms with Crippen molar-refractivity contribution >= 4 is 11.6 Å². The Bertz CT molecular complexity index is 831. The standard InChI is InChI=1S/C14H12F3N5O/c1-23-10-5-3-2-4-9(10)7-18-12-6-11(14(15,16)17)21-13-19-8-20-22(12)13/h2-6,8,18H,7H2,1H3. The number of aromatic nitrogens is 4. The van der Waals surface area contributed by atoms with Gasteiger partial charge in [-0.05, 0) is 6.07 Å². The van der Waals surface area contributed by atoms with Gasteiger partial charge >= 0.3 is 6.18 Å². The quantitative estimate of drug-likeness (QED) is 0.800. The Morgan fingerprint density at radius 2 is 2.04 bits per heavy atom. The van der Waals surface area contributed by atoms with Crippen molar-refractivity contribution in [2.24, 2.45) is 0 Å². The Morgan fingerprint density at radius 1 is 1.26 bits per heavy atom. The van der Waals surface area contributed by atoms with Crippen LogP contribution in [0.4, 0.5) is 19.0 Å². The van der Waals surface area contributed by atoms with Crippen LogP contribution >= 0.6 is 0 Å². The molecule has 0 saturated heterocycles. The second-order valence-electron chi connectivity index (χ2n) is 4.66. The molecule has 0 aliphatic carbocycles. The first-order valence-electron chi connectivity index (χ1n) is 6.63. The topological polar surface area (TPSA) is 64.3 Å². The minimum absolute atomic E-state index is 0.123. The summed E-state index contributed by atoms with van der Waals surface area (Å²) in [6.45, 7) is 0.264. The number of ether oxygens (including phenoxy) is 1. The number of fused-ring (bicyclic) bond motifs is 1. The predicted octanol–water partition coefficient (Wildman–Crippen LogP) is 2.76. The summed E-state index contributed by atoms with van der Waals surface area (Å²) in [6.07, 6.45) is -3.41. The summed E-state index contributed by atoms with van der Waals surface area (Å²) in [6, 6.07) is 8.12. The highest BCUT2D eigenvalue weighted by Crippen LogP contribution is 2.29. The molecule has 3 rings (SSSR count). The summed E-state index contributed by atoms with van der Waals surface area (Å²) in [5, 5.41) is 6.80. The Balaban J connectivity index is 1.94. The van der Waals surface area contributed by atoms with Crippen LogP contribution in [0.15, 0.2) is 36.7 Å². The van der Waals surface area contributed by atoms with Gasteiger partial charge in [-0.1, -0.05) is 18.2 Å². The van der Waals surface area contributed by atoms with Crippen molar-refractivity contribution in [1.29, 1.82) is 0 Å². The van der Waals surface area contributed by atoms with Gasteiger partial charge in [-0.15, -0.1) is 0 Å². The van der Waals surface area contributed by atoms with Crippen molar-refractivity contribution in [3.8, 4) is 5.75 Å². The summed E-state index contributed by atoms with van der Waals surface area (Å²) < 4.78 is 45.2. The average Bonchev–Trinajstić information content (AvgIpc) is 3.00. The fraction of sp³-hybridized carbons (Fsp3) is 0.214. The Morgan fingerprint density at radius 3 is 2.78 bits per heavy atom. The van der Waals surface area contributed by atoms with E-state index in [2.05, 4.69) is 20.4 Å². The van der Waals surface area contributed by atoms with Gasteiger partial charge in [-0.2, -0.15) is 27.8 Å². The lowest BCUT2D eigenvalue weighted by Gasteiger charge is -2.13. The molecule has 0 bridgehead atoms. The lowest BCUT2D eigenvalue weighted by molar-refractivity contribution is -0.141. The first kappa shape index (κ1) is 15.1. The molecule has 23 heavy (non-hydrogen) atoms. The molecule has 0 spiro atoms. The highest BCUT2D eigenvalue weighted by atomic mass is 19.4. The van der Waals surface area contributed by atoms with Gasteiger partial charge in [0.25, 0.3) is 5.78 Å². The number of hydrogen-bond acceptors (Lipinski definition) is 5. The maximum Gasteiger partial charge on any atom is 0.433 e. The van der Waals surface area contributed by atoms with E-state index in [-0.39, 0.29) is 18.1 Å². The van der Waals surface area contributed by atoms with Crippen LogP contribution in [-0.2, 0) is 12.7 Å². The number of anilines is 1. The Hall–Kier alpha value is -2.84. The summed E-state index contributed by atoms with van der Waals surface area (Å²) in [5.41, 5.74) is -0.228. The molecule has 0 saturated carbocycles. The Labute approximate surface area is 128 Å². The van der Waals surface area contributed by atoms with Crippen LogP contribution in [0.2, 0.25) is 0 Å². The largest absolute Gasteiger partial charge is 0.496 e. The van der Waals surface area contributed by atoms with Crippen molar-refractivity contribution in [3.05, 3.63) is 47.9 Å². The third-order valence-corrected chi connectivity index (χ3v) is 3.19. The zero-order valence-corrected chi connectivity index (χ0v) is 12.0. The SMILES string of the molecule is COc1ccccc1CNc1cc(C(F)(F)F)nc2ncnn12. The van der Waals surface area contributed by atoms with Crippen LogP contribution < -0.4 is 10.1 Å². The molecule has 120 valence electrons. The molecular formula is C14H12F3N5O. The molecule has 2 aromatic heterocycles. The zero-order chi connectivity index (χ0) is 16.4. The third kappa shape index (κ3) is 3.03. The number of nitrogens with zero attached hydrogens (tertiary/aromatic N) is 4. The molecule has 6 nitrogen and oxygen atoms in total. The molecule has 9 heteroatoms. The molecular weight excluding hydrogens is 311 g/mol. The van der Waals surface area contributed by atoms with Crippen LogP contribution in [0.25, 0.3) is 5.78 Å². The van der Waals surface area contributed by atoms with Crippen molar-refractivity contribution in [1.82, 2.24) is 19.6 Å². The summed E-state index contributed by atoms with van der Waals surface area (Å²) in [5.74, 6) is 0.660. The van der Waals surface area contributed by atoms with E-state index in [9.17, 15) is 13.2 Å². The predicted molar refractivity (Wildman–Crippen MR) is 76.1 cm³/mol. The van der Waals surface area contributed by atoms with Crippen LogP contribution in [0.1, 0.15) is 11.3 Å². The second kappa shape index (κ2) is 5.75. The zero-order valence-electron chi connectivity index (χ0n) is 12.0. The van der Waals surface area contributed by atoms with Gasteiger partial charge in [0.15, 0.2) is 5.69 Å². The van der Waals surface area contributed by atoms with Crippen LogP contribution in [0, 0.1) is 0 Å². The Kier molecular flexibility index (Phi) is 3.77. The monoisotopic (exact) mass is 323 g/mol. The number of nitrogens with one attached hydrogen (secondary N) is 1. The number of benzene rings is 1. The average molecular weight is 323 g/mol. The van der Waals surface area contributed by atoms with Gasteiger partial charge in [-0.3, -0.25) is 0 Å². The van der Waals surface area contributed by atoms with Crippen molar-refractivity contribution in [2.75, 3.05) is 12.4 Å². The molecule has 1 aromatic carbocycles. The highest BCUT2D eigenvalue weighted by molar-refractivity contribution is 5.47. The maximum absolute atomic E-state index is 12.9. The molecule has 0 unspecified atom stereocenters. The molecule has 0 radical (unpaired) electrons. The van der Waals surface area contributed by atoms with Gasteiger partial charge in [0.1, 0.15) is 17.9 Å². The fourth-order valence-electron chi connectivity index (χ4n) is 2.12. The van der Waals surface area contributed by atoms with E-state index >= 15 is 0 Å². The van der Waals surface area contributed by atoms with E-state index in [1.165, 1.54) is 11.6 Å². The molecule has 2 heterocycles. The number of para-hydroxylation sites is 1. The smallest absolute Gasteiger partial charge is 0.433 e. The first-order chi connectivity index (χ1) is 11.0. The summed E-state index contributed by atoms with van der Waals surface area (Å²) in [4.78, 5) is 7.17. The summed E-state index contributed by atoms with van der Waals surface area (Å²) in [7, 11) is 1.53. The number of methoxy groups -OCH3 is 1. The molecule has 0 fully saturated rings. The number of hydrogen-bond donors (Lipinski definition) is 1. The van der Waals surface area contributed by atoms with E-state index in [4.69, 9.17) is 4.74 Å². The van der Waals surface area contributed by atoms with Gasteiger partial charge in [-0.25, -0.2) is 4.98 Å². The number of rotatable bonds is 4. The number of alkyl halides is 3. The van der Waals surface area contributed by atoms with Crippen molar-refractivity contribution in [3.63, 3.8) is 0 Å². The van der Waals surface area contributed by atoms with E-state index in [1.54, 1.807) is 6.07 Å². The molecule has 0 amide bonds. The van der Waals surface area contributed by atoms with Crippen molar-refractivity contribution < 1.29 is 17.9 Å². The number of halogens is 3. The van der Waals surface area contributed by atoms with Crippen LogP contribution in [0.3, 0.4) is 0 Å². The lowest BCUT2D eigenvalue weighted by Crippen LogP contribution is -2.13. The second-order valence-corrected chi connectivity index (χ2v) is 4.66. The molecule has 1 N–H and O–H groups in total. The van der Waals surface area contributed by atoms with Crippen LogP contribution in [0.5, 0.6) is 5.75 Å². The fourth-order valence-corrected chi connectivity index (χ4v) is 2.12. The van der Waals surface area contributed by atoms with Gasteiger partial charge in [0, 0.05) is 18.2 Å². The van der Waals surface area contributed by atoms with Gasteiger partial charge in [0.2, 0.25) is 0 Å². The first-order valence-corrected chi connectivity index (χ1v) is 6.63. The van der Waals surface area contributed by atoms with Crippen molar-refractivity contribution in [2.45, 2.75) is 12.7 Å². The van der Waals surface area contributed by atoms with Gasteiger partial charge < -0.3 is 10.1 Å². The molecule has 0 aliphatic heterocycles. The lowest BCUT2D eigenvalue weighted by atomic mass is 10.2. The summed E-state index contributed by atoms with van der Waals surface area (Å²) >= 11 is 0.